The Labute approximate surface area is 126 Å². The molecule has 1 N–H and O–H groups in total. The highest BCUT2D eigenvalue weighted by Crippen LogP contribution is 2.24. The highest BCUT2D eigenvalue weighted by molar-refractivity contribution is 7.88. The summed E-state index contributed by atoms with van der Waals surface area (Å²) in [5, 5.41) is 3.10. The van der Waals surface area contributed by atoms with Gasteiger partial charge in [-0.3, -0.25) is 0 Å². The summed E-state index contributed by atoms with van der Waals surface area (Å²) < 4.78 is 24.7. The average Bonchev–Trinajstić information content (AvgIpc) is 2.47. The normalized spacial score (nSPS) is 17.0. The van der Waals surface area contributed by atoms with Gasteiger partial charge in [-0.2, -0.15) is 4.31 Å². The first-order chi connectivity index (χ1) is 9.86. The van der Waals surface area contributed by atoms with Gasteiger partial charge in [-0.05, 0) is 6.92 Å². The molecule has 0 aliphatic carbocycles. The van der Waals surface area contributed by atoms with E-state index in [2.05, 4.69) is 20.2 Å². The third kappa shape index (κ3) is 3.44. The second-order valence-electron chi connectivity index (χ2n) is 5.19. The van der Waals surface area contributed by atoms with Gasteiger partial charge in [0.2, 0.25) is 10.0 Å². The number of rotatable bonds is 4. The van der Waals surface area contributed by atoms with E-state index in [0.717, 1.165) is 29.4 Å². The molecular formula is C13H23N5O2S. The SMILES string of the molecule is CCc1nc(NC)c(C)c(N2CCN(S(C)(=O)=O)CC2)n1. The van der Waals surface area contributed by atoms with Crippen molar-refractivity contribution in [1.29, 1.82) is 0 Å². The number of aromatic nitrogens is 2. The lowest BCUT2D eigenvalue weighted by atomic mass is 10.2. The summed E-state index contributed by atoms with van der Waals surface area (Å²) >= 11 is 0. The summed E-state index contributed by atoms with van der Waals surface area (Å²) in [6, 6.07) is 0. The first kappa shape index (κ1) is 16.0. The van der Waals surface area contributed by atoms with Gasteiger partial charge in [-0.25, -0.2) is 18.4 Å². The van der Waals surface area contributed by atoms with Crippen molar-refractivity contribution in [2.24, 2.45) is 0 Å². The van der Waals surface area contributed by atoms with E-state index in [4.69, 9.17) is 0 Å². The predicted octanol–water partition coefficient (Wildman–Crippen LogP) is 0.471. The maximum Gasteiger partial charge on any atom is 0.211 e. The second-order valence-corrected chi connectivity index (χ2v) is 7.17. The summed E-state index contributed by atoms with van der Waals surface area (Å²) in [5.41, 5.74) is 1.00. The fourth-order valence-corrected chi connectivity index (χ4v) is 3.32. The molecule has 0 spiro atoms. The number of hydrogen-bond donors (Lipinski definition) is 1. The Balaban J connectivity index is 2.24. The lowest BCUT2D eigenvalue weighted by molar-refractivity contribution is 0.386. The van der Waals surface area contributed by atoms with E-state index in [1.54, 1.807) is 0 Å². The fourth-order valence-electron chi connectivity index (χ4n) is 2.49. The average molecular weight is 313 g/mol. The first-order valence-electron chi connectivity index (χ1n) is 7.12. The van der Waals surface area contributed by atoms with Gasteiger partial charge in [0.15, 0.2) is 0 Å². The molecule has 7 nitrogen and oxygen atoms in total. The van der Waals surface area contributed by atoms with Gasteiger partial charge in [0.05, 0.1) is 6.26 Å². The van der Waals surface area contributed by atoms with Gasteiger partial charge in [0, 0.05) is 45.2 Å². The summed E-state index contributed by atoms with van der Waals surface area (Å²) in [7, 11) is -1.26. The Kier molecular flexibility index (Phi) is 4.67. The van der Waals surface area contributed by atoms with Crippen molar-refractivity contribution in [3.05, 3.63) is 11.4 Å². The minimum absolute atomic E-state index is 0.499. The zero-order valence-electron chi connectivity index (χ0n) is 13.0. The molecule has 0 bridgehead atoms. The molecule has 0 amide bonds. The molecule has 0 atom stereocenters. The van der Waals surface area contributed by atoms with Crippen LogP contribution in [0.3, 0.4) is 0 Å². The predicted molar refractivity (Wildman–Crippen MR) is 84.3 cm³/mol. The van der Waals surface area contributed by atoms with Crippen molar-refractivity contribution in [2.75, 3.05) is 49.7 Å². The number of sulfonamides is 1. The van der Waals surface area contributed by atoms with E-state index in [-0.39, 0.29) is 0 Å². The van der Waals surface area contributed by atoms with Crippen LogP contribution in [0.25, 0.3) is 0 Å². The maximum atomic E-state index is 11.6. The van der Waals surface area contributed by atoms with Gasteiger partial charge < -0.3 is 10.2 Å². The number of aryl methyl sites for hydroxylation is 1. The number of piperazine rings is 1. The molecule has 1 aliphatic rings. The van der Waals surface area contributed by atoms with Crippen molar-refractivity contribution >= 4 is 21.7 Å². The molecule has 0 radical (unpaired) electrons. The van der Waals surface area contributed by atoms with E-state index in [0.29, 0.717) is 26.2 Å². The van der Waals surface area contributed by atoms with E-state index >= 15 is 0 Å². The molecule has 0 aromatic carbocycles. The largest absolute Gasteiger partial charge is 0.373 e. The third-order valence-electron chi connectivity index (χ3n) is 3.73. The molecule has 118 valence electrons. The molecule has 1 fully saturated rings. The maximum absolute atomic E-state index is 11.6. The van der Waals surface area contributed by atoms with Crippen LogP contribution in [0.2, 0.25) is 0 Å². The van der Waals surface area contributed by atoms with E-state index in [1.165, 1.54) is 10.6 Å². The van der Waals surface area contributed by atoms with Gasteiger partial charge in [0.1, 0.15) is 17.5 Å². The molecule has 1 aromatic rings. The first-order valence-corrected chi connectivity index (χ1v) is 8.97. The Morgan fingerprint density at radius 2 is 1.81 bits per heavy atom. The molecule has 0 unspecified atom stereocenters. The Hall–Kier alpha value is -1.41. The summed E-state index contributed by atoms with van der Waals surface area (Å²) in [6.07, 6.45) is 2.03. The van der Waals surface area contributed by atoms with Crippen LogP contribution in [-0.2, 0) is 16.4 Å². The molecule has 2 rings (SSSR count). The molecule has 2 heterocycles. The van der Waals surface area contributed by atoms with E-state index in [9.17, 15) is 8.42 Å². The second kappa shape index (κ2) is 6.15. The lowest BCUT2D eigenvalue weighted by Crippen LogP contribution is -2.48. The minimum atomic E-state index is -3.11. The van der Waals surface area contributed by atoms with Crippen LogP contribution < -0.4 is 10.2 Å². The quantitative estimate of drug-likeness (QED) is 0.870. The van der Waals surface area contributed by atoms with Crippen LogP contribution in [0.1, 0.15) is 18.3 Å². The van der Waals surface area contributed by atoms with Crippen molar-refractivity contribution in [3.8, 4) is 0 Å². The van der Waals surface area contributed by atoms with Crippen molar-refractivity contribution < 1.29 is 8.42 Å². The van der Waals surface area contributed by atoms with Gasteiger partial charge >= 0.3 is 0 Å². The summed E-state index contributed by atoms with van der Waals surface area (Å²) in [5.74, 6) is 2.53. The Morgan fingerprint density at radius 3 is 2.29 bits per heavy atom. The van der Waals surface area contributed by atoms with Gasteiger partial charge in [-0.15, -0.1) is 0 Å². The lowest BCUT2D eigenvalue weighted by Gasteiger charge is -2.35. The van der Waals surface area contributed by atoms with Crippen LogP contribution in [0.5, 0.6) is 0 Å². The third-order valence-corrected chi connectivity index (χ3v) is 5.03. The highest BCUT2D eigenvalue weighted by atomic mass is 32.2. The van der Waals surface area contributed by atoms with Crippen molar-refractivity contribution in [3.63, 3.8) is 0 Å². The Morgan fingerprint density at radius 1 is 1.19 bits per heavy atom. The van der Waals surface area contributed by atoms with E-state index in [1.807, 2.05) is 20.9 Å². The summed E-state index contributed by atoms with van der Waals surface area (Å²) in [6.45, 7) is 6.31. The van der Waals surface area contributed by atoms with E-state index < -0.39 is 10.0 Å². The molecular weight excluding hydrogens is 290 g/mol. The zero-order valence-corrected chi connectivity index (χ0v) is 13.9. The number of hydrogen-bond acceptors (Lipinski definition) is 6. The highest BCUT2D eigenvalue weighted by Gasteiger charge is 2.25. The van der Waals surface area contributed by atoms with Crippen molar-refractivity contribution in [1.82, 2.24) is 14.3 Å². The molecule has 21 heavy (non-hydrogen) atoms. The number of anilines is 2. The number of nitrogens with one attached hydrogen (secondary N) is 1. The summed E-state index contributed by atoms with van der Waals surface area (Å²) in [4.78, 5) is 11.2. The minimum Gasteiger partial charge on any atom is -0.373 e. The Bertz CT molecular complexity index is 609. The van der Waals surface area contributed by atoms with Crippen LogP contribution in [0, 0.1) is 6.92 Å². The topological polar surface area (TPSA) is 78.4 Å². The number of nitrogens with zero attached hydrogens (tertiary/aromatic N) is 4. The molecule has 0 saturated carbocycles. The fraction of sp³-hybridized carbons (Fsp3) is 0.692. The molecule has 1 aromatic heterocycles. The van der Waals surface area contributed by atoms with Crippen molar-refractivity contribution in [2.45, 2.75) is 20.3 Å². The van der Waals surface area contributed by atoms with Crippen LogP contribution in [-0.4, -0.2) is 62.2 Å². The molecule has 1 saturated heterocycles. The van der Waals surface area contributed by atoms with Gasteiger partial charge in [-0.1, -0.05) is 6.92 Å². The molecule has 1 aliphatic heterocycles. The standard InChI is InChI=1S/C13H23N5O2S/c1-5-11-15-12(14-3)10(2)13(16-11)17-6-8-18(9-7-17)21(4,19)20/h5-9H2,1-4H3,(H,14,15,16). The van der Waals surface area contributed by atoms with Crippen LogP contribution in [0.15, 0.2) is 0 Å². The zero-order chi connectivity index (χ0) is 15.6. The molecule has 8 heteroatoms. The van der Waals surface area contributed by atoms with Crippen LogP contribution in [0.4, 0.5) is 11.6 Å². The smallest absolute Gasteiger partial charge is 0.211 e. The van der Waals surface area contributed by atoms with Gasteiger partial charge in [0.25, 0.3) is 0 Å². The monoisotopic (exact) mass is 313 g/mol. The van der Waals surface area contributed by atoms with Crippen LogP contribution >= 0.6 is 0 Å².